The molecule has 0 aliphatic carbocycles. The zero-order chi connectivity index (χ0) is 14.4. The van der Waals surface area contributed by atoms with Crippen LogP contribution in [0, 0.1) is 0 Å². The van der Waals surface area contributed by atoms with Crippen molar-refractivity contribution in [3.8, 4) is 0 Å². The predicted octanol–water partition coefficient (Wildman–Crippen LogP) is 0.785. The van der Waals surface area contributed by atoms with E-state index in [-0.39, 0.29) is 0 Å². The van der Waals surface area contributed by atoms with E-state index < -0.39 is 39.1 Å². The molecule has 1 aromatic heterocycles. The fourth-order valence-electron chi connectivity index (χ4n) is 1.45. The van der Waals surface area contributed by atoms with E-state index in [1.165, 1.54) is 20.8 Å². The molecule has 0 spiro atoms. The molecule has 0 saturated carbocycles. The molecule has 0 unspecified atom stereocenters. The molecule has 0 bridgehead atoms. The number of rotatable bonds is 2. The van der Waals surface area contributed by atoms with E-state index in [1.54, 1.807) is 0 Å². The standard InChI is InChI=1S/C8H13F3N4O2S/c1-7(2,3)15-5(4-8(9,10)11)13-14-6(15)18(12,16)17/h4H2,1-3H3,(H2,12,16,17). The van der Waals surface area contributed by atoms with Gasteiger partial charge in [0.1, 0.15) is 12.2 Å². The average Bonchev–Trinajstić information content (AvgIpc) is 2.41. The molecule has 10 heteroatoms. The lowest BCUT2D eigenvalue weighted by atomic mass is 10.1. The molecule has 0 aromatic carbocycles. The first kappa shape index (κ1) is 14.9. The highest BCUT2D eigenvalue weighted by atomic mass is 32.2. The summed E-state index contributed by atoms with van der Waals surface area (Å²) in [5.41, 5.74) is -0.939. The minimum Gasteiger partial charge on any atom is -0.295 e. The number of aromatic nitrogens is 3. The van der Waals surface area contributed by atoms with Gasteiger partial charge in [-0.1, -0.05) is 0 Å². The van der Waals surface area contributed by atoms with Crippen molar-refractivity contribution < 1.29 is 21.6 Å². The van der Waals surface area contributed by atoms with Gasteiger partial charge in [-0.2, -0.15) is 13.2 Å². The third-order valence-corrected chi connectivity index (χ3v) is 2.76. The van der Waals surface area contributed by atoms with Gasteiger partial charge in [-0.05, 0) is 20.8 Å². The SMILES string of the molecule is CC(C)(C)n1c(CC(F)(F)F)nnc1S(N)(=O)=O. The summed E-state index contributed by atoms with van der Waals surface area (Å²) in [7, 11) is -4.23. The number of hydrogen-bond donors (Lipinski definition) is 1. The van der Waals surface area contributed by atoms with Gasteiger partial charge in [0.2, 0.25) is 0 Å². The van der Waals surface area contributed by atoms with E-state index in [2.05, 4.69) is 10.2 Å². The highest BCUT2D eigenvalue weighted by Crippen LogP contribution is 2.26. The second-order valence-electron chi connectivity index (χ2n) is 4.74. The van der Waals surface area contributed by atoms with E-state index >= 15 is 0 Å². The Morgan fingerprint density at radius 1 is 1.22 bits per heavy atom. The van der Waals surface area contributed by atoms with Crippen molar-refractivity contribution in [1.29, 1.82) is 0 Å². The Hall–Kier alpha value is -1.16. The zero-order valence-corrected chi connectivity index (χ0v) is 10.8. The van der Waals surface area contributed by atoms with Gasteiger partial charge < -0.3 is 0 Å². The van der Waals surface area contributed by atoms with Crippen LogP contribution < -0.4 is 5.14 Å². The number of hydrogen-bond acceptors (Lipinski definition) is 4. The van der Waals surface area contributed by atoms with E-state index in [0.29, 0.717) is 0 Å². The van der Waals surface area contributed by atoms with Gasteiger partial charge in [0.15, 0.2) is 0 Å². The molecular weight excluding hydrogens is 273 g/mol. The maximum atomic E-state index is 12.4. The molecule has 6 nitrogen and oxygen atoms in total. The molecule has 0 aliphatic rings. The molecule has 1 aromatic rings. The van der Waals surface area contributed by atoms with Gasteiger partial charge in [0.05, 0.1) is 0 Å². The van der Waals surface area contributed by atoms with Gasteiger partial charge in [-0.15, -0.1) is 10.2 Å². The molecule has 0 aliphatic heterocycles. The number of nitrogens with zero attached hydrogens (tertiary/aromatic N) is 3. The summed E-state index contributed by atoms with van der Waals surface area (Å²) in [6, 6.07) is 0. The molecule has 0 radical (unpaired) electrons. The monoisotopic (exact) mass is 286 g/mol. The summed E-state index contributed by atoms with van der Waals surface area (Å²) in [5.74, 6) is -0.487. The first-order valence-electron chi connectivity index (χ1n) is 4.87. The van der Waals surface area contributed by atoms with Crippen molar-refractivity contribution in [1.82, 2.24) is 14.8 Å². The van der Waals surface area contributed by atoms with Crippen LogP contribution in [-0.2, 0) is 22.0 Å². The molecule has 18 heavy (non-hydrogen) atoms. The number of alkyl halides is 3. The molecule has 104 valence electrons. The number of nitrogens with two attached hydrogens (primary N) is 1. The van der Waals surface area contributed by atoms with Crippen LogP contribution in [0.25, 0.3) is 0 Å². The first-order chi connectivity index (χ1) is 7.82. The van der Waals surface area contributed by atoms with E-state index in [9.17, 15) is 21.6 Å². The van der Waals surface area contributed by atoms with Crippen molar-refractivity contribution in [3.63, 3.8) is 0 Å². The number of primary sulfonamides is 1. The topological polar surface area (TPSA) is 90.9 Å². The van der Waals surface area contributed by atoms with Gasteiger partial charge in [0, 0.05) is 5.54 Å². The Kier molecular flexibility index (Phi) is 3.47. The van der Waals surface area contributed by atoms with Crippen molar-refractivity contribution in [2.45, 2.75) is 44.1 Å². The Balaban J connectivity index is 3.44. The molecule has 2 N–H and O–H groups in total. The lowest BCUT2D eigenvalue weighted by Gasteiger charge is -2.24. The summed E-state index contributed by atoms with van der Waals surface area (Å²) in [4.78, 5) is 0. The maximum Gasteiger partial charge on any atom is 0.396 e. The molecule has 1 rings (SSSR count). The molecule has 0 atom stereocenters. The molecular formula is C8H13F3N4O2S. The van der Waals surface area contributed by atoms with E-state index in [4.69, 9.17) is 5.14 Å². The highest BCUT2D eigenvalue weighted by Gasteiger charge is 2.35. The van der Waals surface area contributed by atoms with Crippen LogP contribution in [-0.4, -0.2) is 29.4 Å². The van der Waals surface area contributed by atoms with Crippen LogP contribution in [0.2, 0.25) is 0 Å². The van der Waals surface area contributed by atoms with Gasteiger partial charge in [-0.3, -0.25) is 4.57 Å². The fraction of sp³-hybridized carbons (Fsp3) is 0.750. The van der Waals surface area contributed by atoms with Crippen molar-refractivity contribution >= 4 is 10.0 Å². The fourth-order valence-corrected chi connectivity index (χ4v) is 2.24. The van der Waals surface area contributed by atoms with Gasteiger partial charge >= 0.3 is 6.18 Å². The second-order valence-corrected chi connectivity index (χ2v) is 6.20. The third kappa shape index (κ3) is 3.42. The first-order valence-corrected chi connectivity index (χ1v) is 6.41. The van der Waals surface area contributed by atoms with Gasteiger partial charge in [-0.25, -0.2) is 13.6 Å². The van der Waals surface area contributed by atoms with Crippen molar-refractivity contribution in [2.24, 2.45) is 5.14 Å². The summed E-state index contributed by atoms with van der Waals surface area (Å²) in [6.07, 6.45) is -5.88. The number of sulfonamides is 1. The Morgan fingerprint density at radius 3 is 2.06 bits per heavy atom. The Morgan fingerprint density at radius 2 is 1.72 bits per heavy atom. The highest BCUT2D eigenvalue weighted by molar-refractivity contribution is 7.89. The Labute approximate surface area is 102 Å². The van der Waals surface area contributed by atoms with Crippen molar-refractivity contribution in [3.05, 3.63) is 5.82 Å². The molecule has 1 heterocycles. The average molecular weight is 286 g/mol. The van der Waals surface area contributed by atoms with Crippen molar-refractivity contribution in [2.75, 3.05) is 0 Å². The number of halogens is 3. The van der Waals surface area contributed by atoms with Crippen LogP contribution >= 0.6 is 0 Å². The van der Waals surface area contributed by atoms with Crippen LogP contribution in [0.3, 0.4) is 0 Å². The zero-order valence-electron chi connectivity index (χ0n) is 9.98. The largest absolute Gasteiger partial charge is 0.396 e. The van der Waals surface area contributed by atoms with Crippen LogP contribution in [0.15, 0.2) is 5.16 Å². The summed E-state index contributed by atoms with van der Waals surface area (Å²) in [6.45, 7) is 4.60. The molecule has 0 fully saturated rings. The minimum absolute atomic E-state index is 0.487. The molecule has 0 saturated heterocycles. The molecule has 0 amide bonds. The smallest absolute Gasteiger partial charge is 0.295 e. The summed E-state index contributed by atoms with van der Waals surface area (Å²) < 4.78 is 60.5. The third-order valence-electron chi connectivity index (χ3n) is 1.98. The predicted molar refractivity (Wildman–Crippen MR) is 56.2 cm³/mol. The second kappa shape index (κ2) is 4.19. The quantitative estimate of drug-likeness (QED) is 0.870. The minimum atomic E-state index is -4.51. The van der Waals surface area contributed by atoms with E-state index in [1.807, 2.05) is 0 Å². The van der Waals surface area contributed by atoms with Gasteiger partial charge in [0.25, 0.3) is 15.2 Å². The summed E-state index contributed by atoms with van der Waals surface area (Å²) in [5, 5.41) is 10.7. The lowest BCUT2D eigenvalue weighted by Crippen LogP contribution is -2.31. The summed E-state index contributed by atoms with van der Waals surface area (Å²) >= 11 is 0. The van der Waals surface area contributed by atoms with Crippen LogP contribution in [0.4, 0.5) is 13.2 Å². The maximum absolute atomic E-state index is 12.4. The Bertz CT molecular complexity index is 542. The van der Waals surface area contributed by atoms with E-state index in [0.717, 1.165) is 4.57 Å². The van der Waals surface area contributed by atoms with Crippen LogP contribution in [0.5, 0.6) is 0 Å². The van der Waals surface area contributed by atoms with Crippen LogP contribution in [0.1, 0.15) is 26.6 Å². The normalized spacial score (nSPS) is 13.9. The lowest BCUT2D eigenvalue weighted by molar-refractivity contribution is -0.129.